The molecular formula is C15H14ClFN2O2. The predicted octanol–water partition coefficient (Wildman–Crippen LogP) is 3.71. The van der Waals surface area contributed by atoms with E-state index in [1.54, 1.807) is 12.1 Å². The van der Waals surface area contributed by atoms with Gasteiger partial charge in [0.25, 0.3) is 5.91 Å². The molecule has 0 aliphatic rings. The summed E-state index contributed by atoms with van der Waals surface area (Å²) in [5, 5.41) is 3.01. The Balaban J connectivity index is 2.31. The monoisotopic (exact) mass is 308 g/mol. The second-order valence-electron chi connectivity index (χ2n) is 4.27. The highest BCUT2D eigenvalue weighted by Gasteiger charge is 2.15. The second-order valence-corrected chi connectivity index (χ2v) is 4.70. The van der Waals surface area contributed by atoms with E-state index in [2.05, 4.69) is 5.32 Å². The molecule has 3 N–H and O–H groups in total. The van der Waals surface area contributed by atoms with Crippen LogP contribution < -0.4 is 15.8 Å². The number of rotatable bonds is 4. The van der Waals surface area contributed by atoms with Gasteiger partial charge >= 0.3 is 0 Å². The van der Waals surface area contributed by atoms with E-state index in [-0.39, 0.29) is 5.56 Å². The van der Waals surface area contributed by atoms with E-state index in [1.165, 1.54) is 18.2 Å². The molecule has 0 atom stereocenters. The molecule has 4 nitrogen and oxygen atoms in total. The van der Waals surface area contributed by atoms with Gasteiger partial charge in [0.15, 0.2) is 0 Å². The third-order valence-corrected chi connectivity index (χ3v) is 2.96. The first-order chi connectivity index (χ1) is 10.0. The Morgan fingerprint density at radius 1 is 1.33 bits per heavy atom. The lowest BCUT2D eigenvalue weighted by molar-refractivity contribution is 0.102. The molecule has 0 unspecified atom stereocenters. The Morgan fingerprint density at radius 3 is 2.81 bits per heavy atom. The van der Waals surface area contributed by atoms with Crippen molar-refractivity contribution in [2.45, 2.75) is 6.92 Å². The molecule has 6 heteroatoms. The minimum Gasteiger partial charge on any atom is -0.492 e. The Labute approximate surface area is 126 Å². The fourth-order valence-electron chi connectivity index (χ4n) is 1.79. The molecule has 0 saturated heterocycles. The number of nitrogens with one attached hydrogen (secondary N) is 1. The Hall–Kier alpha value is -2.27. The summed E-state index contributed by atoms with van der Waals surface area (Å²) in [5.41, 5.74) is 6.10. The summed E-state index contributed by atoms with van der Waals surface area (Å²) in [4.78, 5) is 12.1. The van der Waals surface area contributed by atoms with Crippen LogP contribution in [-0.2, 0) is 0 Å². The summed E-state index contributed by atoms with van der Waals surface area (Å²) < 4.78 is 19.1. The first-order valence-corrected chi connectivity index (χ1v) is 6.67. The number of nitrogen functional groups attached to an aromatic ring is 1. The van der Waals surface area contributed by atoms with Crippen LogP contribution in [0.1, 0.15) is 17.3 Å². The van der Waals surface area contributed by atoms with Crippen molar-refractivity contribution >= 4 is 28.9 Å². The van der Waals surface area contributed by atoms with Gasteiger partial charge < -0.3 is 15.8 Å². The van der Waals surface area contributed by atoms with E-state index >= 15 is 0 Å². The molecule has 0 saturated carbocycles. The number of anilines is 2. The van der Waals surface area contributed by atoms with Gasteiger partial charge in [0.2, 0.25) is 0 Å². The number of halogens is 2. The normalized spacial score (nSPS) is 10.2. The van der Waals surface area contributed by atoms with E-state index in [0.29, 0.717) is 28.8 Å². The first-order valence-electron chi connectivity index (χ1n) is 6.30. The molecule has 2 aromatic rings. The van der Waals surface area contributed by atoms with Gasteiger partial charge in [0, 0.05) is 10.7 Å². The van der Waals surface area contributed by atoms with Crippen LogP contribution in [-0.4, -0.2) is 12.5 Å². The number of carbonyl (C=O) groups is 1. The van der Waals surface area contributed by atoms with E-state index < -0.39 is 11.7 Å². The van der Waals surface area contributed by atoms with E-state index in [9.17, 15) is 9.18 Å². The molecule has 1 amide bonds. The van der Waals surface area contributed by atoms with E-state index in [1.807, 2.05) is 6.92 Å². The largest absolute Gasteiger partial charge is 0.492 e. The lowest BCUT2D eigenvalue weighted by Gasteiger charge is -2.12. The molecule has 2 rings (SSSR count). The van der Waals surface area contributed by atoms with E-state index in [4.69, 9.17) is 22.1 Å². The fraction of sp³-hybridized carbons (Fsp3) is 0.133. The number of ether oxygens (including phenoxy) is 1. The summed E-state index contributed by atoms with van der Waals surface area (Å²) in [6, 6.07) is 8.62. The fourth-order valence-corrected chi connectivity index (χ4v) is 1.96. The average Bonchev–Trinajstić information content (AvgIpc) is 2.44. The topological polar surface area (TPSA) is 64.3 Å². The van der Waals surface area contributed by atoms with Crippen molar-refractivity contribution in [1.82, 2.24) is 0 Å². The van der Waals surface area contributed by atoms with E-state index in [0.717, 1.165) is 6.07 Å². The number of nitrogens with two attached hydrogens (primary N) is 1. The van der Waals surface area contributed by atoms with Crippen LogP contribution in [0.25, 0.3) is 0 Å². The van der Waals surface area contributed by atoms with Gasteiger partial charge in [0.05, 0.1) is 17.9 Å². The standard InChI is InChI=1S/C15H14ClFN2O2/c1-2-21-14-6-3-9(16)7-13(14)19-15(20)11-8-10(18)4-5-12(11)17/h3-8H,2,18H2,1H3,(H,19,20). The maximum absolute atomic E-state index is 13.7. The van der Waals surface area contributed by atoms with Gasteiger partial charge in [-0.2, -0.15) is 0 Å². The Bertz CT molecular complexity index is 677. The highest BCUT2D eigenvalue weighted by molar-refractivity contribution is 6.31. The number of amides is 1. The summed E-state index contributed by atoms with van der Waals surface area (Å²) in [6.07, 6.45) is 0. The summed E-state index contributed by atoms with van der Waals surface area (Å²) in [5.74, 6) is -0.815. The molecule has 0 radical (unpaired) electrons. The molecular weight excluding hydrogens is 295 g/mol. The molecule has 0 aliphatic carbocycles. The van der Waals surface area contributed by atoms with Crippen LogP contribution in [0.5, 0.6) is 5.75 Å². The summed E-state index contributed by atoms with van der Waals surface area (Å²) in [7, 11) is 0. The van der Waals surface area contributed by atoms with Gasteiger partial charge in [-0.25, -0.2) is 4.39 Å². The van der Waals surface area contributed by atoms with Gasteiger partial charge in [-0.15, -0.1) is 0 Å². The molecule has 2 aromatic carbocycles. The third-order valence-electron chi connectivity index (χ3n) is 2.72. The highest BCUT2D eigenvalue weighted by Crippen LogP contribution is 2.28. The zero-order valence-corrected chi connectivity index (χ0v) is 12.1. The van der Waals surface area contributed by atoms with Crippen molar-refractivity contribution in [3.63, 3.8) is 0 Å². The maximum Gasteiger partial charge on any atom is 0.258 e. The van der Waals surface area contributed by atoms with Crippen LogP contribution in [0.15, 0.2) is 36.4 Å². The number of hydrogen-bond acceptors (Lipinski definition) is 3. The number of benzene rings is 2. The molecule has 0 bridgehead atoms. The minimum atomic E-state index is -0.651. The lowest BCUT2D eigenvalue weighted by Crippen LogP contribution is -2.15. The Morgan fingerprint density at radius 2 is 2.10 bits per heavy atom. The van der Waals surface area contributed by atoms with Crippen molar-refractivity contribution in [2.24, 2.45) is 0 Å². The molecule has 110 valence electrons. The molecule has 0 aromatic heterocycles. The van der Waals surface area contributed by atoms with Crippen molar-refractivity contribution < 1.29 is 13.9 Å². The average molecular weight is 309 g/mol. The van der Waals surface area contributed by atoms with Crippen LogP contribution in [0, 0.1) is 5.82 Å². The van der Waals surface area contributed by atoms with Gasteiger partial charge in [-0.1, -0.05) is 11.6 Å². The van der Waals surface area contributed by atoms with Gasteiger partial charge in [0.1, 0.15) is 11.6 Å². The van der Waals surface area contributed by atoms with Crippen LogP contribution >= 0.6 is 11.6 Å². The maximum atomic E-state index is 13.7. The first kappa shape index (κ1) is 15.1. The van der Waals surface area contributed by atoms with Crippen molar-refractivity contribution in [3.8, 4) is 5.75 Å². The van der Waals surface area contributed by atoms with Crippen molar-refractivity contribution in [2.75, 3.05) is 17.7 Å². The third kappa shape index (κ3) is 3.64. The molecule has 0 fully saturated rings. The molecule has 0 spiro atoms. The van der Waals surface area contributed by atoms with Gasteiger partial charge in [-0.05, 0) is 43.3 Å². The molecule has 21 heavy (non-hydrogen) atoms. The quantitative estimate of drug-likeness (QED) is 0.846. The van der Waals surface area contributed by atoms with Crippen LogP contribution in [0.4, 0.5) is 15.8 Å². The summed E-state index contributed by atoms with van der Waals surface area (Å²) in [6.45, 7) is 2.24. The van der Waals surface area contributed by atoms with Gasteiger partial charge in [-0.3, -0.25) is 4.79 Å². The highest BCUT2D eigenvalue weighted by atomic mass is 35.5. The zero-order chi connectivity index (χ0) is 15.4. The summed E-state index contributed by atoms with van der Waals surface area (Å²) >= 11 is 5.90. The second kappa shape index (κ2) is 6.45. The van der Waals surface area contributed by atoms with Crippen molar-refractivity contribution in [3.05, 3.63) is 52.8 Å². The number of carbonyl (C=O) groups excluding carboxylic acids is 1. The van der Waals surface area contributed by atoms with Crippen molar-refractivity contribution in [1.29, 1.82) is 0 Å². The number of hydrogen-bond donors (Lipinski definition) is 2. The lowest BCUT2D eigenvalue weighted by atomic mass is 10.1. The van der Waals surface area contributed by atoms with Crippen LogP contribution in [0.2, 0.25) is 5.02 Å². The predicted molar refractivity (Wildman–Crippen MR) is 81.4 cm³/mol. The smallest absolute Gasteiger partial charge is 0.258 e. The molecule has 0 heterocycles. The Kier molecular flexibility index (Phi) is 4.65. The molecule has 0 aliphatic heterocycles. The van der Waals surface area contributed by atoms with Crippen LogP contribution in [0.3, 0.4) is 0 Å². The minimum absolute atomic E-state index is 0.141. The SMILES string of the molecule is CCOc1ccc(Cl)cc1NC(=O)c1cc(N)ccc1F. The zero-order valence-electron chi connectivity index (χ0n) is 11.3.